The highest BCUT2D eigenvalue weighted by Gasteiger charge is 2.24. The normalized spacial score (nSPS) is 16.0. The van der Waals surface area contributed by atoms with E-state index in [-0.39, 0.29) is 5.92 Å². The number of rotatable bonds is 3. The van der Waals surface area contributed by atoms with E-state index in [1.165, 1.54) is 0 Å². The van der Waals surface area contributed by atoms with Crippen molar-refractivity contribution in [3.63, 3.8) is 0 Å². The summed E-state index contributed by atoms with van der Waals surface area (Å²) < 4.78 is 11.3. The maximum absolute atomic E-state index is 5.96. The number of H-pyrrole nitrogens is 1. The van der Waals surface area contributed by atoms with Gasteiger partial charge in [-0.3, -0.25) is 4.98 Å². The molecule has 27 heavy (non-hydrogen) atoms. The number of methoxy groups -OCH3 is 1. The Hall–Kier alpha value is -3.34. The summed E-state index contributed by atoms with van der Waals surface area (Å²) in [6.07, 6.45) is 4.50. The van der Waals surface area contributed by atoms with E-state index in [4.69, 9.17) is 14.5 Å². The largest absolute Gasteiger partial charge is 0.497 e. The van der Waals surface area contributed by atoms with Gasteiger partial charge in [-0.2, -0.15) is 0 Å². The molecule has 1 atom stereocenters. The minimum Gasteiger partial charge on any atom is -0.497 e. The Morgan fingerprint density at radius 3 is 2.78 bits per heavy atom. The highest BCUT2D eigenvalue weighted by atomic mass is 16.5. The highest BCUT2D eigenvalue weighted by molar-refractivity contribution is 5.82. The maximum Gasteiger partial charge on any atom is 0.122 e. The van der Waals surface area contributed by atoms with Gasteiger partial charge >= 0.3 is 0 Å². The first-order valence-corrected chi connectivity index (χ1v) is 9.00. The third-order valence-electron chi connectivity index (χ3n) is 5.07. The monoisotopic (exact) mass is 357 g/mol. The SMILES string of the molecule is COc1ccc2c(c1)C[C@@H](c1nc3ccc(-c4ccncc4)cc3[nH]1)CO2. The molecule has 5 nitrogen and oxygen atoms in total. The average Bonchev–Trinajstić information content (AvgIpc) is 3.17. The fourth-order valence-electron chi connectivity index (χ4n) is 3.62. The molecule has 0 saturated carbocycles. The average molecular weight is 357 g/mol. The van der Waals surface area contributed by atoms with Crippen molar-refractivity contribution in [2.24, 2.45) is 0 Å². The number of hydrogen-bond donors (Lipinski definition) is 1. The number of hydrogen-bond acceptors (Lipinski definition) is 4. The van der Waals surface area contributed by atoms with Gasteiger partial charge in [-0.15, -0.1) is 0 Å². The first kappa shape index (κ1) is 15.9. The Labute approximate surface area is 157 Å². The van der Waals surface area contributed by atoms with Crippen LogP contribution in [0.15, 0.2) is 60.9 Å². The first-order chi connectivity index (χ1) is 13.3. The molecule has 134 valence electrons. The molecule has 1 aliphatic heterocycles. The molecule has 5 heteroatoms. The van der Waals surface area contributed by atoms with Gasteiger partial charge in [0, 0.05) is 12.4 Å². The summed E-state index contributed by atoms with van der Waals surface area (Å²) in [5.41, 5.74) is 5.46. The molecule has 0 fully saturated rings. The number of imidazole rings is 1. The fourth-order valence-corrected chi connectivity index (χ4v) is 3.62. The lowest BCUT2D eigenvalue weighted by atomic mass is 9.96. The molecule has 0 unspecified atom stereocenters. The molecule has 0 radical (unpaired) electrons. The molecular weight excluding hydrogens is 338 g/mol. The summed E-state index contributed by atoms with van der Waals surface area (Å²) >= 11 is 0. The lowest BCUT2D eigenvalue weighted by Gasteiger charge is -2.24. The minimum atomic E-state index is 0.196. The highest BCUT2D eigenvalue weighted by Crippen LogP contribution is 2.34. The van der Waals surface area contributed by atoms with Crippen LogP contribution in [-0.2, 0) is 6.42 Å². The van der Waals surface area contributed by atoms with Crippen molar-refractivity contribution in [3.05, 3.63) is 72.3 Å². The summed E-state index contributed by atoms with van der Waals surface area (Å²) in [5, 5.41) is 0. The number of nitrogens with zero attached hydrogens (tertiary/aromatic N) is 2. The molecule has 5 rings (SSSR count). The maximum atomic E-state index is 5.96. The molecule has 0 aliphatic carbocycles. The van der Waals surface area contributed by atoms with Crippen LogP contribution < -0.4 is 9.47 Å². The van der Waals surface area contributed by atoms with E-state index in [0.29, 0.717) is 6.61 Å². The Balaban J connectivity index is 1.47. The predicted molar refractivity (Wildman–Crippen MR) is 104 cm³/mol. The van der Waals surface area contributed by atoms with Gasteiger partial charge in [0.15, 0.2) is 0 Å². The van der Waals surface area contributed by atoms with Gasteiger partial charge in [-0.05, 0) is 65.6 Å². The van der Waals surface area contributed by atoms with E-state index < -0.39 is 0 Å². The number of aromatic amines is 1. The molecule has 2 aromatic heterocycles. The molecule has 2 aromatic carbocycles. The van der Waals surface area contributed by atoms with Gasteiger partial charge in [0.2, 0.25) is 0 Å². The van der Waals surface area contributed by atoms with Crippen LogP contribution in [0.3, 0.4) is 0 Å². The number of nitrogens with one attached hydrogen (secondary N) is 1. The molecule has 4 aromatic rings. The van der Waals surface area contributed by atoms with Gasteiger partial charge < -0.3 is 14.5 Å². The van der Waals surface area contributed by atoms with Crippen molar-refractivity contribution in [2.45, 2.75) is 12.3 Å². The lowest BCUT2D eigenvalue weighted by molar-refractivity contribution is 0.257. The summed E-state index contributed by atoms with van der Waals surface area (Å²) in [6.45, 7) is 0.621. The number of aromatic nitrogens is 3. The van der Waals surface area contributed by atoms with Crippen LogP contribution in [0.4, 0.5) is 0 Å². The molecule has 3 heterocycles. The van der Waals surface area contributed by atoms with Crippen molar-refractivity contribution in [1.82, 2.24) is 15.0 Å². The second kappa shape index (κ2) is 6.43. The van der Waals surface area contributed by atoms with Crippen LogP contribution in [0.2, 0.25) is 0 Å². The van der Waals surface area contributed by atoms with Crippen molar-refractivity contribution >= 4 is 11.0 Å². The van der Waals surface area contributed by atoms with E-state index in [1.807, 2.05) is 42.7 Å². The second-order valence-corrected chi connectivity index (χ2v) is 6.78. The van der Waals surface area contributed by atoms with Crippen molar-refractivity contribution < 1.29 is 9.47 Å². The second-order valence-electron chi connectivity index (χ2n) is 6.78. The van der Waals surface area contributed by atoms with Gasteiger partial charge in [-0.1, -0.05) is 6.07 Å². The van der Waals surface area contributed by atoms with E-state index in [0.717, 1.165) is 51.5 Å². The van der Waals surface area contributed by atoms with Gasteiger partial charge in [-0.25, -0.2) is 4.98 Å². The molecule has 0 spiro atoms. The molecule has 0 amide bonds. The smallest absolute Gasteiger partial charge is 0.122 e. The molecule has 1 aliphatic rings. The molecule has 1 N–H and O–H groups in total. The quantitative estimate of drug-likeness (QED) is 0.592. The summed E-state index contributed by atoms with van der Waals surface area (Å²) in [7, 11) is 1.68. The topological polar surface area (TPSA) is 60.0 Å². The minimum absolute atomic E-state index is 0.196. The molecule has 0 bridgehead atoms. The van der Waals surface area contributed by atoms with E-state index in [2.05, 4.69) is 28.2 Å². The van der Waals surface area contributed by atoms with Gasteiger partial charge in [0.1, 0.15) is 17.3 Å². The van der Waals surface area contributed by atoms with Gasteiger partial charge in [0.25, 0.3) is 0 Å². The Bertz CT molecular complexity index is 1110. The third-order valence-corrected chi connectivity index (χ3v) is 5.07. The zero-order valence-corrected chi connectivity index (χ0v) is 15.0. The van der Waals surface area contributed by atoms with Crippen molar-refractivity contribution in [1.29, 1.82) is 0 Å². The Kier molecular flexibility index (Phi) is 3.78. The van der Waals surface area contributed by atoms with Crippen LogP contribution in [-0.4, -0.2) is 28.7 Å². The predicted octanol–water partition coefficient (Wildman–Crippen LogP) is 4.35. The van der Waals surface area contributed by atoms with Crippen LogP contribution >= 0.6 is 0 Å². The van der Waals surface area contributed by atoms with Crippen molar-refractivity contribution in [2.75, 3.05) is 13.7 Å². The summed E-state index contributed by atoms with van der Waals surface area (Å²) in [4.78, 5) is 12.4. The first-order valence-electron chi connectivity index (χ1n) is 9.00. The zero-order chi connectivity index (χ0) is 18.2. The number of ether oxygens (including phenoxy) is 2. The Morgan fingerprint density at radius 2 is 1.93 bits per heavy atom. The van der Waals surface area contributed by atoms with E-state index in [9.17, 15) is 0 Å². The molecule has 0 saturated heterocycles. The van der Waals surface area contributed by atoms with E-state index >= 15 is 0 Å². The van der Waals surface area contributed by atoms with Crippen LogP contribution in [0, 0.1) is 0 Å². The lowest BCUT2D eigenvalue weighted by Crippen LogP contribution is -2.20. The third kappa shape index (κ3) is 2.91. The number of pyridine rings is 1. The van der Waals surface area contributed by atoms with E-state index in [1.54, 1.807) is 7.11 Å². The Morgan fingerprint density at radius 1 is 1.04 bits per heavy atom. The zero-order valence-electron chi connectivity index (χ0n) is 15.0. The van der Waals surface area contributed by atoms with Gasteiger partial charge in [0.05, 0.1) is 30.7 Å². The summed E-state index contributed by atoms with van der Waals surface area (Å²) in [6, 6.07) is 16.3. The standard InChI is InChI=1S/C22H19N3O2/c1-26-18-3-5-21-16(11-18)10-17(13-27-21)22-24-19-4-2-15(12-20(19)25-22)14-6-8-23-9-7-14/h2-9,11-12,17H,10,13H2,1H3,(H,24,25)/t17-/m1/s1. The van der Waals surface area contributed by atoms with Crippen LogP contribution in [0.1, 0.15) is 17.3 Å². The number of fused-ring (bicyclic) bond motifs is 2. The summed E-state index contributed by atoms with van der Waals surface area (Å²) in [5.74, 6) is 2.94. The molecular formula is C22H19N3O2. The fraction of sp³-hybridized carbons (Fsp3) is 0.182. The van der Waals surface area contributed by atoms with Crippen molar-refractivity contribution in [3.8, 4) is 22.6 Å². The number of benzene rings is 2. The van der Waals surface area contributed by atoms with Crippen LogP contribution in [0.5, 0.6) is 11.5 Å². The van der Waals surface area contributed by atoms with Crippen LogP contribution in [0.25, 0.3) is 22.2 Å².